The lowest BCUT2D eigenvalue weighted by Crippen LogP contribution is -2.40. The van der Waals surface area contributed by atoms with Gasteiger partial charge in [0.05, 0.1) is 12.1 Å². The minimum atomic E-state index is -3.56. The Labute approximate surface area is 114 Å². The van der Waals surface area contributed by atoms with Crippen LogP contribution in [0.1, 0.15) is 33.3 Å². The third kappa shape index (κ3) is 3.24. The van der Waals surface area contributed by atoms with Gasteiger partial charge in [-0.1, -0.05) is 13.8 Å². The van der Waals surface area contributed by atoms with Crippen molar-refractivity contribution >= 4 is 21.6 Å². The van der Waals surface area contributed by atoms with Gasteiger partial charge in [0.2, 0.25) is 0 Å². The summed E-state index contributed by atoms with van der Waals surface area (Å²) >= 11 is 5.73. The molecule has 0 fully saturated rings. The predicted molar refractivity (Wildman–Crippen MR) is 72.0 cm³/mol. The maximum absolute atomic E-state index is 12.5. The monoisotopic (exact) mass is 293 g/mol. The lowest BCUT2D eigenvalue weighted by Gasteiger charge is -2.27. The van der Waals surface area contributed by atoms with Crippen LogP contribution in [0.5, 0.6) is 0 Å². The topological polar surface area (TPSA) is 66.1 Å². The molecule has 0 saturated carbocycles. The molecule has 7 heteroatoms. The van der Waals surface area contributed by atoms with Crippen molar-refractivity contribution in [1.29, 1.82) is 0 Å². The zero-order valence-electron chi connectivity index (χ0n) is 11.1. The number of alkyl halides is 1. The highest BCUT2D eigenvalue weighted by molar-refractivity contribution is 7.89. The van der Waals surface area contributed by atoms with Crippen LogP contribution < -0.4 is 0 Å². The van der Waals surface area contributed by atoms with Crippen molar-refractivity contribution in [2.75, 3.05) is 6.54 Å². The molecule has 1 N–H and O–H groups in total. The predicted octanol–water partition coefficient (Wildman–Crippen LogP) is 2.20. The van der Waals surface area contributed by atoms with E-state index in [0.29, 0.717) is 12.1 Å². The Bertz CT molecular complexity index is 482. The SMILES string of the molecule is CC(C)CN(C(C)C)S(=O)(=O)c1[nH]ncc1CCl. The molecule has 0 aliphatic carbocycles. The maximum Gasteiger partial charge on any atom is 0.260 e. The second kappa shape index (κ2) is 6.04. The summed E-state index contributed by atoms with van der Waals surface area (Å²) in [6.45, 7) is 8.16. The first-order valence-electron chi connectivity index (χ1n) is 5.90. The summed E-state index contributed by atoms with van der Waals surface area (Å²) in [4.78, 5) is 0. The van der Waals surface area contributed by atoms with Crippen LogP contribution in [0.3, 0.4) is 0 Å². The first-order chi connectivity index (χ1) is 8.30. The molecule has 18 heavy (non-hydrogen) atoms. The quantitative estimate of drug-likeness (QED) is 0.818. The van der Waals surface area contributed by atoms with E-state index in [-0.39, 0.29) is 22.9 Å². The van der Waals surface area contributed by atoms with Gasteiger partial charge in [0, 0.05) is 18.2 Å². The number of nitrogens with one attached hydrogen (secondary N) is 1. The van der Waals surface area contributed by atoms with Gasteiger partial charge in [-0.05, 0) is 19.8 Å². The zero-order chi connectivity index (χ0) is 13.9. The molecule has 1 heterocycles. The van der Waals surface area contributed by atoms with Crippen LogP contribution in [0.15, 0.2) is 11.2 Å². The van der Waals surface area contributed by atoms with E-state index in [9.17, 15) is 8.42 Å². The highest BCUT2D eigenvalue weighted by Crippen LogP contribution is 2.22. The average molecular weight is 294 g/mol. The molecule has 0 aliphatic rings. The molecule has 0 aromatic carbocycles. The lowest BCUT2D eigenvalue weighted by atomic mass is 10.2. The van der Waals surface area contributed by atoms with Gasteiger partial charge in [-0.3, -0.25) is 5.10 Å². The summed E-state index contributed by atoms with van der Waals surface area (Å²) in [5, 5.41) is 6.41. The molecular weight excluding hydrogens is 274 g/mol. The van der Waals surface area contributed by atoms with E-state index >= 15 is 0 Å². The number of halogens is 1. The van der Waals surface area contributed by atoms with Crippen LogP contribution in [0.2, 0.25) is 0 Å². The number of aromatic amines is 1. The van der Waals surface area contributed by atoms with Crippen LogP contribution in [-0.4, -0.2) is 35.5 Å². The zero-order valence-corrected chi connectivity index (χ0v) is 12.7. The first-order valence-corrected chi connectivity index (χ1v) is 7.88. The number of nitrogens with zero attached hydrogens (tertiary/aromatic N) is 2. The summed E-state index contributed by atoms with van der Waals surface area (Å²) in [5.41, 5.74) is 0.506. The van der Waals surface area contributed by atoms with Crippen molar-refractivity contribution in [2.45, 2.75) is 44.6 Å². The Morgan fingerprint density at radius 2 is 2.00 bits per heavy atom. The lowest BCUT2D eigenvalue weighted by molar-refractivity contribution is 0.317. The molecule has 0 spiro atoms. The summed E-state index contributed by atoms with van der Waals surface area (Å²) < 4.78 is 26.6. The third-order valence-corrected chi connectivity index (χ3v) is 4.86. The Kier molecular flexibility index (Phi) is 5.19. The molecule has 1 rings (SSSR count). The van der Waals surface area contributed by atoms with E-state index in [1.165, 1.54) is 10.5 Å². The molecule has 0 unspecified atom stereocenters. The second-order valence-corrected chi connectivity index (χ2v) is 7.01. The largest absolute Gasteiger partial charge is 0.266 e. The smallest absolute Gasteiger partial charge is 0.260 e. The Morgan fingerprint density at radius 3 is 2.44 bits per heavy atom. The second-order valence-electron chi connectivity index (χ2n) is 4.92. The Morgan fingerprint density at radius 1 is 1.39 bits per heavy atom. The minimum absolute atomic E-state index is 0.104. The summed E-state index contributed by atoms with van der Waals surface area (Å²) in [7, 11) is -3.56. The molecule has 0 amide bonds. The Balaban J connectivity index is 3.17. The van der Waals surface area contributed by atoms with Gasteiger partial charge < -0.3 is 0 Å². The van der Waals surface area contributed by atoms with Crippen molar-refractivity contribution in [3.05, 3.63) is 11.8 Å². The van der Waals surface area contributed by atoms with Gasteiger partial charge >= 0.3 is 0 Å². The van der Waals surface area contributed by atoms with E-state index < -0.39 is 10.0 Å². The van der Waals surface area contributed by atoms with Crippen LogP contribution in [-0.2, 0) is 15.9 Å². The number of H-pyrrole nitrogens is 1. The van der Waals surface area contributed by atoms with E-state index in [1.54, 1.807) is 0 Å². The fourth-order valence-electron chi connectivity index (χ4n) is 1.68. The van der Waals surface area contributed by atoms with Gasteiger partial charge in [-0.2, -0.15) is 9.40 Å². The molecule has 0 aliphatic heterocycles. The van der Waals surface area contributed by atoms with Crippen molar-refractivity contribution in [3.63, 3.8) is 0 Å². The van der Waals surface area contributed by atoms with E-state index in [1.807, 2.05) is 27.7 Å². The number of sulfonamides is 1. The molecular formula is C11H20ClN3O2S. The molecule has 5 nitrogen and oxygen atoms in total. The van der Waals surface area contributed by atoms with Gasteiger partial charge in [-0.15, -0.1) is 11.6 Å². The van der Waals surface area contributed by atoms with E-state index in [4.69, 9.17) is 11.6 Å². The molecule has 0 atom stereocenters. The third-order valence-electron chi connectivity index (χ3n) is 2.51. The Hall–Kier alpha value is -0.590. The minimum Gasteiger partial charge on any atom is -0.266 e. The highest BCUT2D eigenvalue weighted by Gasteiger charge is 2.30. The molecule has 0 radical (unpaired) electrons. The number of hydrogen-bond donors (Lipinski definition) is 1. The van der Waals surface area contributed by atoms with Crippen molar-refractivity contribution in [3.8, 4) is 0 Å². The van der Waals surface area contributed by atoms with E-state index in [2.05, 4.69) is 10.2 Å². The molecule has 1 aromatic rings. The highest BCUT2D eigenvalue weighted by atomic mass is 35.5. The van der Waals surface area contributed by atoms with Crippen molar-refractivity contribution in [2.24, 2.45) is 5.92 Å². The van der Waals surface area contributed by atoms with Crippen molar-refractivity contribution < 1.29 is 8.42 Å². The number of rotatable bonds is 6. The molecule has 104 valence electrons. The standard InChI is InChI=1S/C11H20ClN3O2S/c1-8(2)7-15(9(3)4)18(16,17)11-10(5-12)6-13-14-11/h6,8-9H,5,7H2,1-4H3,(H,13,14). The van der Waals surface area contributed by atoms with Crippen LogP contribution in [0.25, 0.3) is 0 Å². The van der Waals surface area contributed by atoms with Gasteiger partial charge in [0.25, 0.3) is 10.0 Å². The number of hydrogen-bond acceptors (Lipinski definition) is 3. The molecule has 0 bridgehead atoms. The summed E-state index contributed by atoms with van der Waals surface area (Å²) in [5.74, 6) is 0.378. The summed E-state index contributed by atoms with van der Waals surface area (Å²) in [6, 6.07) is -0.108. The van der Waals surface area contributed by atoms with Crippen LogP contribution in [0, 0.1) is 5.92 Å². The number of aromatic nitrogens is 2. The molecule has 1 aromatic heterocycles. The van der Waals surface area contributed by atoms with Crippen LogP contribution in [0.4, 0.5) is 0 Å². The van der Waals surface area contributed by atoms with Crippen molar-refractivity contribution in [1.82, 2.24) is 14.5 Å². The normalized spacial score (nSPS) is 12.9. The molecule has 0 saturated heterocycles. The fourth-order valence-corrected chi connectivity index (χ4v) is 3.87. The van der Waals surface area contributed by atoms with Crippen LogP contribution >= 0.6 is 11.6 Å². The van der Waals surface area contributed by atoms with E-state index in [0.717, 1.165) is 0 Å². The van der Waals surface area contributed by atoms with Gasteiger partial charge in [0.1, 0.15) is 0 Å². The summed E-state index contributed by atoms with van der Waals surface area (Å²) in [6.07, 6.45) is 1.45. The average Bonchev–Trinajstić information content (AvgIpc) is 2.73. The maximum atomic E-state index is 12.5. The fraction of sp³-hybridized carbons (Fsp3) is 0.727. The van der Waals surface area contributed by atoms with Gasteiger partial charge in [-0.25, -0.2) is 8.42 Å². The van der Waals surface area contributed by atoms with Gasteiger partial charge in [0.15, 0.2) is 5.03 Å². The first kappa shape index (κ1) is 15.5.